The van der Waals surface area contributed by atoms with Crippen molar-refractivity contribution < 1.29 is 9.05 Å². The summed E-state index contributed by atoms with van der Waals surface area (Å²) in [6, 6.07) is 0. The molecule has 0 unspecified atom stereocenters. The van der Waals surface area contributed by atoms with E-state index in [2.05, 4.69) is 0 Å². The number of nitrogens with zero attached hydrogens (tertiary/aromatic N) is 1. The van der Waals surface area contributed by atoms with E-state index in [-0.39, 0.29) is 0 Å². The monoisotopic (exact) mass is 181 g/mol. The largest absolute Gasteiger partial charge is 0.318 e. The molecule has 0 saturated carbocycles. The summed E-state index contributed by atoms with van der Waals surface area (Å²) in [4.78, 5) is 0. The van der Waals surface area contributed by atoms with Gasteiger partial charge in [-0.1, -0.05) is 0 Å². The number of hydrogen-bond acceptors (Lipinski definition) is 3. The topological polar surface area (TPSA) is 21.7 Å². The molecule has 0 spiro atoms. The summed E-state index contributed by atoms with van der Waals surface area (Å²) in [5, 5.41) is 0. The maximum Gasteiger partial charge on any atom is 0.263 e. The first-order chi connectivity index (χ1) is 4.65. The highest BCUT2D eigenvalue weighted by Gasteiger charge is 2.24. The van der Waals surface area contributed by atoms with Gasteiger partial charge in [-0.05, 0) is 32.3 Å². The Kier molecular flexibility index (Phi) is 2.83. The van der Waals surface area contributed by atoms with Crippen LogP contribution in [0.5, 0.6) is 0 Å². The highest BCUT2D eigenvalue weighted by Crippen LogP contribution is 2.52. The Morgan fingerprint density at radius 3 is 2.10 bits per heavy atom. The van der Waals surface area contributed by atoms with Crippen LogP contribution >= 0.6 is 6.64 Å². The molecular weight excluding hydrogens is 169 g/mol. The first-order valence-corrected chi connectivity index (χ1v) is 5.81. The lowest BCUT2D eigenvalue weighted by atomic mass is 10.5. The summed E-state index contributed by atoms with van der Waals surface area (Å²) in [7, 11) is 3.79. The normalized spacial score (nSPS) is 25.1. The fourth-order valence-corrected chi connectivity index (χ4v) is 2.39. The summed E-state index contributed by atoms with van der Waals surface area (Å²) in [5.74, 6) is 0. The van der Waals surface area contributed by atoms with Gasteiger partial charge in [-0.25, -0.2) is 4.67 Å². The molecule has 1 saturated heterocycles. The molecule has 3 nitrogen and oxygen atoms in total. The molecule has 0 atom stereocenters. The van der Waals surface area contributed by atoms with Crippen molar-refractivity contribution in [2.75, 3.05) is 27.3 Å². The minimum absolute atomic E-state index is 0.745. The molecule has 0 amide bonds. The van der Waals surface area contributed by atoms with Crippen molar-refractivity contribution >= 4 is 18.4 Å². The molecule has 0 radical (unpaired) electrons. The standard InChI is InChI=1S/C5H12NO2PS/c1-6(2)9(10)7-4-3-5-8-9/h3-5H2,1-2H3. The molecule has 60 valence electrons. The summed E-state index contributed by atoms with van der Waals surface area (Å²) in [6.45, 7) is -0.528. The quantitative estimate of drug-likeness (QED) is 0.567. The lowest BCUT2D eigenvalue weighted by Gasteiger charge is -2.30. The Labute approximate surface area is 66.5 Å². The van der Waals surface area contributed by atoms with E-state index in [1.807, 2.05) is 18.8 Å². The second-order valence-corrected chi connectivity index (χ2v) is 5.97. The number of rotatable bonds is 1. The zero-order chi connectivity index (χ0) is 7.61. The van der Waals surface area contributed by atoms with Gasteiger partial charge in [0.2, 0.25) is 0 Å². The van der Waals surface area contributed by atoms with Gasteiger partial charge in [0.25, 0.3) is 6.64 Å². The van der Waals surface area contributed by atoms with Gasteiger partial charge in [0.15, 0.2) is 0 Å². The van der Waals surface area contributed by atoms with E-state index in [1.165, 1.54) is 0 Å². The molecule has 1 aliphatic heterocycles. The van der Waals surface area contributed by atoms with Crippen LogP contribution in [-0.4, -0.2) is 32.0 Å². The molecular formula is C5H12NO2PS. The molecule has 5 heteroatoms. The number of hydrogen-bond donors (Lipinski definition) is 0. The van der Waals surface area contributed by atoms with E-state index in [9.17, 15) is 0 Å². The van der Waals surface area contributed by atoms with Crippen LogP contribution in [0.2, 0.25) is 0 Å². The smallest absolute Gasteiger partial charge is 0.263 e. The van der Waals surface area contributed by atoms with Crippen LogP contribution in [0.15, 0.2) is 0 Å². The van der Waals surface area contributed by atoms with E-state index >= 15 is 0 Å². The zero-order valence-electron chi connectivity index (χ0n) is 6.24. The molecule has 0 aliphatic carbocycles. The van der Waals surface area contributed by atoms with E-state index in [0.717, 1.165) is 19.6 Å². The lowest BCUT2D eigenvalue weighted by molar-refractivity contribution is 0.156. The SMILES string of the molecule is CN(C)P1(=S)OCCCO1. The molecule has 0 aromatic rings. The molecule has 1 aliphatic rings. The van der Waals surface area contributed by atoms with E-state index in [0.29, 0.717) is 0 Å². The minimum Gasteiger partial charge on any atom is -0.318 e. The Balaban J connectivity index is 2.57. The molecule has 1 heterocycles. The van der Waals surface area contributed by atoms with Crippen LogP contribution in [0.25, 0.3) is 0 Å². The Bertz CT molecular complexity index is 152. The predicted octanol–water partition coefficient (Wildman–Crippen LogP) is 1.21. The van der Waals surface area contributed by atoms with Crippen molar-refractivity contribution in [2.45, 2.75) is 6.42 Å². The Morgan fingerprint density at radius 2 is 1.80 bits per heavy atom. The zero-order valence-corrected chi connectivity index (χ0v) is 7.95. The third-order valence-corrected chi connectivity index (χ3v) is 4.90. The summed E-state index contributed by atoms with van der Waals surface area (Å²) in [5.41, 5.74) is 0. The van der Waals surface area contributed by atoms with Crippen LogP contribution in [0, 0.1) is 0 Å². The van der Waals surface area contributed by atoms with Gasteiger partial charge in [0.1, 0.15) is 0 Å². The van der Waals surface area contributed by atoms with Crippen molar-refractivity contribution in [3.63, 3.8) is 0 Å². The maximum atomic E-state index is 5.36. The third-order valence-electron chi connectivity index (χ3n) is 1.29. The molecule has 0 bridgehead atoms. The van der Waals surface area contributed by atoms with Crippen LogP contribution in [0.3, 0.4) is 0 Å². The molecule has 0 aromatic heterocycles. The van der Waals surface area contributed by atoms with E-state index in [1.54, 1.807) is 0 Å². The van der Waals surface area contributed by atoms with Crippen molar-refractivity contribution in [3.05, 3.63) is 0 Å². The second kappa shape index (κ2) is 3.28. The van der Waals surface area contributed by atoms with Crippen LogP contribution in [0.4, 0.5) is 0 Å². The van der Waals surface area contributed by atoms with Crippen LogP contribution in [0.1, 0.15) is 6.42 Å². The first-order valence-electron chi connectivity index (χ1n) is 3.22. The third kappa shape index (κ3) is 1.77. The van der Waals surface area contributed by atoms with Crippen molar-refractivity contribution in [3.8, 4) is 0 Å². The maximum absolute atomic E-state index is 5.36. The van der Waals surface area contributed by atoms with E-state index < -0.39 is 6.64 Å². The highest BCUT2D eigenvalue weighted by atomic mass is 32.5. The Hall–Kier alpha value is 0.530. The average molecular weight is 181 g/mol. The van der Waals surface area contributed by atoms with Crippen molar-refractivity contribution in [2.24, 2.45) is 0 Å². The van der Waals surface area contributed by atoms with Gasteiger partial charge in [-0.15, -0.1) is 0 Å². The minimum atomic E-state index is -2.02. The molecule has 1 rings (SSSR count). The van der Waals surface area contributed by atoms with Gasteiger partial charge < -0.3 is 9.05 Å². The van der Waals surface area contributed by atoms with Gasteiger partial charge >= 0.3 is 0 Å². The Morgan fingerprint density at radius 1 is 1.30 bits per heavy atom. The van der Waals surface area contributed by atoms with Crippen LogP contribution in [-0.2, 0) is 20.9 Å². The second-order valence-electron chi connectivity index (χ2n) is 2.34. The highest BCUT2D eigenvalue weighted by molar-refractivity contribution is 8.08. The lowest BCUT2D eigenvalue weighted by Crippen LogP contribution is -2.18. The van der Waals surface area contributed by atoms with Gasteiger partial charge in [0, 0.05) is 0 Å². The molecule has 10 heavy (non-hydrogen) atoms. The first kappa shape index (κ1) is 8.62. The average Bonchev–Trinajstić information content (AvgIpc) is 1.89. The van der Waals surface area contributed by atoms with Crippen LogP contribution < -0.4 is 0 Å². The summed E-state index contributed by atoms with van der Waals surface area (Å²) < 4.78 is 12.6. The molecule has 0 aromatic carbocycles. The van der Waals surface area contributed by atoms with Gasteiger partial charge in [-0.3, -0.25) is 0 Å². The fourth-order valence-electron chi connectivity index (χ4n) is 0.687. The molecule has 1 fully saturated rings. The molecule has 0 N–H and O–H groups in total. The summed E-state index contributed by atoms with van der Waals surface area (Å²) in [6.07, 6.45) is 0.965. The van der Waals surface area contributed by atoms with Crippen molar-refractivity contribution in [1.82, 2.24) is 4.67 Å². The fraction of sp³-hybridized carbons (Fsp3) is 1.00. The van der Waals surface area contributed by atoms with E-state index in [4.69, 9.17) is 20.9 Å². The van der Waals surface area contributed by atoms with Crippen molar-refractivity contribution in [1.29, 1.82) is 0 Å². The predicted molar refractivity (Wildman–Crippen MR) is 44.5 cm³/mol. The summed E-state index contributed by atoms with van der Waals surface area (Å²) >= 11 is 5.17. The van der Waals surface area contributed by atoms with Gasteiger partial charge in [0.05, 0.1) is 13.2 Å². The van der Waals surface area contributed by atoms with Gasteiger partial charge in [-0.2, -0.15) is 0 Å².